The van der Waals surface area contributed by atoms with E-state index >= 15 is 4.39 Å². The maximum atomic E-state index is 15.4. The zero-order valence-corrected chi connectivity index (χ0v) is 41.7. The molecule has 77 heavy (non-hydrogen) atoms. The molecular formula is C51H55FN10O15. The molecule has 406 valence electrons. The summed E-state index contributed by atoms with van der Waals surface area (Å²) in [6, 6.07) is 8.23. The standard InChI is InChI=1S/C51H55FN10O15/c1-3-51(75)30-14-35-46-28(21-61(35)49(73)29(30)22-77-50(51)74)45-32(10-9-27-25(2)31(52)15-33(60-46)44(27)45)58-40(66)23-76-24-57-38(64)18-55-47(71)34(13-26-7-5-4-6-8-26)59-39(65)19-54-37(63)17-56-48(72)36(16-53-20-43(69)70)62-41(67)11-12-42(62)68/h4-8,11-12,14-15,32,34,36,48,53,56,72,75H,3,9-10,13,16-24H2,1-2H3,(H,54,63)(H,55,71)(H,57,64)(H,58,66)(H,59,65)(H,69,70)/t32-,34+,36+,48?,51+/m1/s1. The molecule has 2 aromatic carbocycles. The van der Waals surface area contributed by atoms with E-state index in [1.165, 1.54) is 10.6 Å². The van der Waals surface area contributed by atoms with Gasteiger partial charge in [-0.05, 0) is 54.5 Å². The molecule has 4 aromatic rings. The van der Waals surface area contributed by atoms with Crippen LogP contribution in [0.15, 0.2) is 59.4 Å². The van der Waals surface area contributed by atoms with Crippen LogP contribution in [0, 0.1) is 12.7 Å². The van der Waals surface area contributed by atoms with Gasteiger partial charge in [0.2, 0.25) is 29.5 Å². The Morgan fingerprint density at radius 3 is 2.34 bits per heavy atom. The van der Waals surface area contributed by atoms with E-state index in [1.54, 1.807) is 50.2 Å². The van der Waals surface area contributed by atoms with Crippen molar-refractivity contribution in [2.45, 2.75) is 82.6 Å². The van der Waals surface area contributed by atoms with Gasteiger partial charge in [0, 0.05) is 47.7 Å². The first-order valence-corrected chi connectivity index (χ1v) is 24.5. The summed E-state index contributed by atoms with van der Waals surface area (Å²) in [5.41, 5.74) is 1.64. The number of imide groups is 1. The van der Waals surface area contributed by atoms with E-state index in [9.17, 15) is 58.2 Å². The lowest BCUT2D eigenvalue weighted by Crippen LogP contribution is -2.58. The Hall–Kier alpha value is -8.30. The van der Waals surface area contributed by atoms with Gasteiger partial charge < -0.3 is 61.3 Å². The first-order chi connectivity index (χ1) is 36.8. The zero-order chi connectivity index (χ0) is 55.3. The Morgan fingerprint density at radius 2 is 1.62 bits per heavy atom. The molecule has 0 radical (unpaired) electrons. The Morgan fingerprint density at radius 1 is 0.909 bits per heavy atom. The summed E-state index contributed by atoms with van der Waals surface area (Å²) < 4.78 is 27.5. The lowest BCUT2D eigenvalue weighted by atomic mass is 9.81. The predicted molar refractivity (Wildman–Crippen MR) is 265 cm³/mol. The first kappa shape index (κ1) is 54.9. The van der Waals surface area contributed by atoms with E-state index in [4.69, 9.17) is 19.6 Å². The van der Waals surface area contributed by atoms with E-state index in [1.807, 2.05) is 0 Å². The third-order valence-electron chi connectivity index (χ3n) is 13.8. The van der Waals surface area contributed by atoms with E-state index in [-0.39, 0.29) is 43.7 Å². The number of carbonyl (C=O) groups excluding carboxylic acids is 8. The second-order valence-electron chi connectivity index (χ2n) is 18.7. The molecule has 0 saturated heterocycles. The molecule has 1 unspecified atom stereocenters. The van der Waals surface area contributed by atoms with Gasteiger partial charge in [-0.1, -0.05) is 37.3 Å². The molecule has 7 amide bonds. The van der Waals surface area contributed by atoms with Crippen molar-refractivity contribution in [1.29, 1.82) is 0 Å². The van der Waals surface area contributed by atoms with Crippen molar-refractivity contribution in [2.24, 2.45) is 0 Å². The number of nitrogens with zero attached hydrogens (tertiary/aromatic N) is 3. The van der Waals surface area contributed by atoms with Crippen LogP contribution in [0.1, 0.15) is 64.8 Å². The van der Waals surface area contributed by atoms with E-state index in [0.29, 0.717) is 67.8 Å². The van der Waals surface area contributed by atoms with E-state index in [2.05, 4.69) is 37.2 Å². The van der Waals surface area contributed by atoms with Gasteiger partial charge in [0.15, 0.2) is 5.60 Å². The number of rotatable bonds is 23. The third kappa shape index (κ3) is 11.8. The molecular weight excluding hydrogens is 1010 g/mol. The minimum atomic E-state index is -2.07. The molecule has 3 aliphatic heterocycles. The molecule has 0 fully saturated rings. The van der Waals surface area contributed by atoms with Gasteiger partial charge in [-0.15, -0.1) is 0 Å². The summed E-state index contributed by atoms with van der Waals surface area (Å²) in [7, 11) is 0. The fourth-order valence-electron chi connectivity index (χ4n) is 9.85. The van der Waals surface area contributed by atoms with Gasteiger partial charge in [0.05, 0.1) is 67.3 Å². The minimum absolute atomic E-state index is 0.0227. The number of benzene rings is 2. The van der Waals surface area contributed by atoms with Gasteiger partial charge in [-0.3, -0.25) is 53.4 Å². The molecule has 25 nitrogen and oxygen atoms in total. The van der Waals surface area contributed by atoms with Gasteiger partial charge in [0.25, 0.3) is 17.4 Å². The quantitative estimate of drug-likeness (QED) is 0.0141. The Balaban J connectivity index is 0.834. The van der Waals surface area contributed by atoms with Crippen molar-refractivity contribution in [3.05, 3.63) is 110 Å². The fourth-order valence-corrected chi connectivity index (χ4v) is 9.85. The summed E-state index contributed by atoms with van der Waals surface area (Å²) in [5, 5.41) is 49.3. The molecule has 5 heterocycles. The second kappa shape index (κ2) is 23.3. The highest BCUT2D eigenvalue weighted by molar-refractivity contribution is 6.13. The SMILES string of the molecule is CC[C@@]1(O)C(=O)OCc2c1cc1n(c2=O)Cc2c-1nc1cc(F)c(C)c3c1c2[C@H](NC(=O)COCNC(=O)CNC(=O)[C@H](Cc1ccccc1)NC(=O)CNC(=O)CNC(O)[C@H](CNCC(=O)O)N1C(=O)C=CC1=O)CC3. The third-order valence-corrected chi connectivity index (χ3v) is 13.8. The van der Waals surface area contributed by atoms with Gasteiger partial charge in [-0.2, -0.15) is 0 Å². The van der Waals surface area contributed by atoms with Crippen LogP contribution < -0.4 is 42.8 Å². The van der Waals surface area contributed by atoms with Gasteiger partial charge in [-0.25, -0.2) is 14.2 Å². The highest BCUT2D eigenvalue weighted by Crippen LogP contribution is 2.46. The number of aliphatic hydroxyl groups excluding tert-OH is 1. The van der Waals surface area contributed by atoms with Crippen LogP contribution in [-0.4, -0.2) is 147 Å². The maximum absolute atomic E-state index is 15.4. The molecule has 4 aliphatic rings. The van der Waals surface area contributed by atoms with Crippen molar-refractivity contribution in [1.82, 2.24) is 51.7 Å². The smallest absolute Gasteiger partial charge is 0.343 e. The zero-order valence-electron chi connectivity index (χ0n) is 41.7. The number of aromatic nitrogens is 2. The number of aliphatic carboxylic acids is 1. The number of carboxylic acids is 1. The summed E-state index contributed by atoms with van der Waals surface area (Å²) in [6.45, 7) is -0.729. The van der Waals surface area contributed by atoms with Crippen LogP contribution >= 0.6 is 0 Å². The summed E-state index contributed by atoms with van der Waals surface area (Å²) in [4.78, 5) is 133. The second-order valence-corrected chi connectivity index (χ2v) is 18.7. The minimum Gasteiger partial charge on any atom is -0.480 e. The number of esters is 1. The lowest BCUT2D eigenvalue weighted by Gasteiger charge is -2.31. The largest absolute Gasteiger partial charge is 0.480 e. The van der Waals surface area contributed by atoms with Crippen LogP contribution in [0.5, 0.6) is 0 Å². The van der Waals surface area contributed by atoms with Gasteiger partial charge in [0.1, 0.15) is 38.0 Å². The number of nitrogens with one attached hydrogen (secondary N) is 7. The molecule has 0 bridgehead atoms. The first-order valence-electron chi connectivity index (χ1n) is 24.5. The van der Waals surface area contributed by atoms with Crippen molar-refractivity contribution < 1.29 is 72.3 Å². The van der Waals surface area contributed by atoms with Gasteiger partial charge >= 0.3 is 11.9 Å². The van der Waals surface area contributed by atoms with E-state index in [0.717, 1.165) is 12.2 Å². The Labute approximate surface area is 436 Å². The fraction of sp³-hybridized carbons (Fsp3) is 0.392. The number of cyclic esters (lactones) is 1. The number of carbonyl (C=O) groups is 9. The van der Waals surface area contributed by atoms with Crippen LogP contribution in [-0.2, 0) is 84.2 Å². The van der Waals surface area contributed by atoms with Crippen LogP contribution in [0.25, 0.3) is 22.3 Å². The summed E-state index contributed by atoms with van der Waals surface area (Å²) >= 11 is 0. The van der Waals surface area contributed by atoms with Crippen LogP contribution in [0.4, 0.5) is 4.39 Å². The molecule has 10 N–H and O–H groups in total. The maximum Gasteiger partial charge on any atom is 0.343 e. The van der Waals surface area contributed by atoms with Crippen LogP contribution in [0.2, 0.25) is 0 Å². The van der Waals surface area contributed by atoms with Crippen molar-refractivity contribution in [2.75, 3.05) is 46.1 Å². The van der Waals surface area contributed by atoms with Crippen molar-refractivity contribution in [3.63, 3.8) is 0 Å². The summed E-state index contributed by atoms with van der Waals surface area (Å²) in [5.74, 6) is -7.79. The number of aliphatic hydroxyl groups is 2. The average molecular weight is 1070 g/mol. The molecule has 5 atom stereocenters. The number of hydrogen-bond acceptors (Lipinski definition) is 17. The Kier molecular flexibility index (Phi) is 16.6. The number of halogens is 1. The number of amides is 7. The molecule has 0 saturated carbocycles. The topological polar surface area (TPSA) is 355 Å². The normalized spacial score (nSPS) is 18.1. The molecule has 1 aliphatic carbocycles. The highest BCUT2D eigenvalue weighted by atomic mass is 19.1. The van der Waals surface area contributed by atoms with E-state index < -0.39 is 134 Å². The van der Waals surface area contributed by atoms with Crippen LogP contribution in [0.3, 0.4) is 0 Å². The van der Waals surface area contributed by atoms with Crippen molar-refractivity contribution >= 4 is 64.2 Å². The lowest BCUT2D eigenvalue weighted by molar-refractivity contribution is -0.172. The molecule has 2 aromatic heterocycles. The number of ether oxygens (including phenoxy) is 2. The number of pyridine rings is 2. The number of fused-ring (bicyclic) bond motifs is 5. The highest BCUT2D eigenvalue weighted by Gasteiger charge is 2.46. The Bertz CT molecular complexity index is 3170. The predicted octanol–water partition coefficient (Wildman–Crippen LogP) is -2.44. The monoisotopic (exact) mass is 1070 g/mol. The average Bonchev–Trinajstić information content (AvgIpc) is 4.22. The van der Waals surface area contributed by atoms with Crippen molar-refractivity contribution in [3.8, 4) is 11.4 Å². The molecule has 8 rings (SSSR count). The number of hydrogen-bond donors (Lipinski definition) is 10. The molecule has 0 spiro atoms. The number of aryl methyl sites for hydroxylation is 1. The number of carboxylic acid groups (broad SMARTS) is 1. The summed E-state index contributed by atoms with van der Waals surface area (Å²) in [6.07, 6.45) is 0.889. The molecule has 26 heteroatoms.